The fourth-order valence-electron chi connectivity index (χ4n) is 1.45. The number of aliphatic hydroxyl groups excluding tert-OH is 1. The first-order chi connectivity index (χ1) is 8.30. The van der Waals surface area contributed by atoms with Crippen LogP contribution >= 0.6 is 0 Å². The number of aromatic nitrogens is 1. The second-order valence-corrected chi connectivity index (χ2v) is 3.86. The lowest BCUT2D eigenvalue weighted by atomic mass is 10.1. The Bertz CT molecular complexity index is 389. The molecule has 0 aromatic carbocycles. The molecule has 1 aromatic heterocycles. The third kappa shape index (κ3) is 4.88. The van der Waals surface area contributed by atoms with Crippen LogP contribution in [0.2, 0.25) is 0 Å². The SMILES string of the molecule is CCC(CC)COc1cncc(C#CCO)c1. The Morgan fingerprint density at radius 1 is 1.35 bits per heavy atom. The van der Waals surface area contributed by atoms with Crippen LogP contribution in [0.5, 0.6) is 5.75 Å². The number of rotatable bonds is 5. The molecule has 1 N–H and O–H groups in total. The molecule has 0 aliphatic rings. The molecule has 0 saturated carbocycles. The monoisotopic (exact) mass is 233 g/mol. The maximum atomic E-state index is 8.61. The second-order valence-electron chi connectivity index (χ2n) is 3.86. The third-order valence-corrected chi connectivity index (χ3v) is 2.67. The van der Waals surface area contributed by atoms with Crippen molar-refractivity contribution in [2.75, 3.05) is 13.2 Å². The summed E-state index contributed by atoms with van der Waals surface area (Å²) in [5.74, 6) is 6.72. The van der Waals surface area contributed by atoms with Gasteiger partial charge in [0.2, 0.25) is 0 Å². The van der Waals surface area contributed by atoms with Gasteiger partial charge in [0.25, 0.3) is 0 Å². The molecule has 1 heterocycles. The first-order valence-electron chi connectivity index (χ1n) is 5.97. The van der Waals surface area contributed by atoms with Crippen LogP contribution in [0.1, 0.15) is 32.3 Å². The molecule has 0 spiro atoms. The first-order valence-corrected chi connectivity index (χ1v) is 5.97. The molecule has 0 aliphatic carbocycles. The summed E-state index contributed by atoms with van der Waals surface area (Å²) in [6, 6.07) is 1.85. The molecule has 0 unspecified atom stereocenters. The maximum Gasteiger partial charge on any atom is 0.138 e. The number of pyridine rings is 1. The zero-order chi connectivity index (χ0) is 12.5. The minimum Gasteiger partial charge on any atom is -0.492 e. The van der Waals surface area contributed by atoms with Crippen LogP contribution in [0.4, 0.5) is 0 Å². The number of nitrogens with zero attached hydrogens (tertiary/aromatic N) is 1. The molecule has 0 atom stereocenters. The number of ether oxygens (including phenoxy) is 1. The first kappa shape index (κ1) is 13.5. The Labute approximate surface area is 103 Å². The molecule has 0 bridgehead atoms. The summed E-state index contributed by atoms with van der Waals surface area (Å²) in [6.07, 6.45) is 5.58. The van der Waals surface area contributed by atoms with E-state index in [0.717, 1.165) is 24.2 Å². The van der Waals surface area contributed by atoms with Crippen LogP contribution in [-0.2, 0) is 0 Å². The van der Waals surface area contributed by atoms with E-state index in [1.165, 1.54) is 0 Å². The Morgan fingerprint density at radius 2 is 2.12 bits per heavy atom. The fourth-order valence-corrected chi connectivity index (χ4v) is 1.45. The van der Waals surface area contributed by atoms with Gasteiger partial charge in [-0.15, -0.1) is 0 Å². The van der Waals surface area contributed by atoms with Gasteiger partial charge in [0.1, 0.15) is 12.4 Å². The van der Waals surface area contributed by atoms with Crippen LogP contribution in [0.3, 0.4) is 0 Å². The van der Waals surface area contributed by atoms with Crippen molar-refractivity contribution in [2.24, 2.45) is 5.92 Å². The van der Waals surface area contributed by atoms with Gasteiger partial charge < -0.3 is 9.84 Å². The molecule has 3 nitrogen and oxygen atoms in total. The average molecular weight is 233 g/mol. The lowest BCUT2D eigenvalue weighted by molar-refractivity contribution is 0.240. The van der Waals surface area contributed by atoms with E-state index in [1.54, 1.807) is 12.4 Å². The smallest absolute Gasteiger partial charge is 0.138 e. The summed E-state index contributed by atoms with van der Waals surface area (Å²) in [5, 5.41) is 8.61. The van der Waals surface area contributed by atoms with Crippen molar-refractivity contribution in [3.63, 3.8) is 0 Å². The Balaban J connectivity index is 2.59. The number of hydrogen-bond acceptors (Lipinski definition) is 3. The highest BCUT2D eigenvalue weighted by molar-refractivity contribution is 5.36. The Morgan fingerprint density at radius 3 is 2.76 bits per heavy atom. The van der Waals surface area contributed by atoms with E-state index < -0.39 is 0 Å². The van der Waals surface area contributed by atoms with Gasteiger partial charge in [0.15, 0.2) is 0 Å². The van der Waals surface area contributed by atoms with Crippen molar-refractivity contribution in [3.8, 4) is 17.6 Å². The summed E-state index contributed by atoms with van der Waals surface area (Å²) in [4.78, 5) is 4.06. The molecule has 3 heteroatoms. The van der Waals surface area contributed by atoms with Crippen molar-refractivity contribution in [1.82, 2.24) is 4.98 Å². The van der Waals surface area contributed by atoms with E-state index in [0.29, 0.717) is 12.5 Å². The topological polar surface area (TPSA) is 42.4 Å². The van der Waals surface area contributed by atoms with Gasteiger partial charge in [-0.1, -0.05) is 38.5 Å². The van der Waals surface area contributed by atoms with Crippen molar-refractivity contribution < 1.29 is 9.84 Å². The Hall–Kier alpha value is -1.53. The summed E-state index contributed by atoms with van der Waals surface area (Å²) < 4.78 is 5.68. The van der Waals surface area contributed by atoms with Gasteiger partial charge in [-0.25, -0.2) is 0 Å². The summed E-state index contributed by atoms with van der Waals surface area (Å²) in [5.41, 5.74) is 0.765. The third-order valence-electron chi connectivity index (χ3n) is 2.67. The van der Waals surface area contributed by atoms with Gasteiger partial charge in [-0.3, -0.25) is 4.98 Å². The summed E-state index contributed by atoms with van der Waals surface area (Å²) >= 11 is 0. The largest absolute Gasteiger partial charge is 0.492 e. The lowest BCUT2D eigenvalue weighted by Gasteiger charge is -2.13. The quantitative estimate of drug-likeness (QED) is 0.793. The molecule has 0 amide bonds. The maximum absolute atomic E-state index is 8.61. The molecular formula is C14H19NO2. The highest BCUT2D eigenvalue weighted by Crippen LogP contribution is 2.14. The zero-order valence-electron chi connectivity index (χ0n) is 10.4. The minimum absolute atomic E-state index is 0.140. The summed E-state index contributed by atoms with van der Waals surface area (Å²) in [6.45, 7) is 4.90. The van der Waals surface area contributed by atoms with Crippen LogP contribution < -0.4 is 4.74 Å². The van der Waals surface area contributed by atoms with Gasteiger partial charge in [0, 0.05) is 11.8 Å². The second kappa shape index (κ2) is 7.70. The molecule has 0 radical (unpaired) electrons. The highest BCUT2D eigenvalue weighted by atomic mass is 16.5. The van der Waals surface area contributed by atoms with Gasteiger partial charge in [-0.2, -0.15) is 0 Å². The zero-order valence-corrected chi connectivity index (χ0v) is 10.4. The van der Waals surface area contributed by atoms with Gasteiger partial charge >= 0.3 is 0 Å². The molecule has 1 rings (SSSR count). The standard InChI is InChI=1S/C14H19NO2/c1-3-12(4-2)11-17-14-8-13(6-5-7-16)9-15-10-14/h8-10,12,16H,3-4,7,11H2,1-2H3. The van der Waals surface area contributed by atoms with E-state index in [4.69, 9.17) is 9.84 Å². The number of hydrogen-bond donors (Lipinski definition) is 1. The van der Waals surface area contributed by atoms with Gasteiger partial charge in [-0.05, 0) is 12.0 Å². The molecule has 0 aliphatic heterocycles. The predicted molar refractivity (Wildman–Crippen MR) is 67.8 cm³/mol. The fraction of sp³-hybridized carbons (Fsp3) is 0.500. The van der Waals surface area contributed by atoms with Crippen molar-refractivity contribution >= 4 is 0 Å². The Kier molecular flexibility index (Phi) is 6.13. The van der Waals surface area contributed by atoms with Gasteiger partial charge in [0.05, 0.1) is 12.8 Å². The van der Waals surface area contributed by atoms with E-state index >= 15 is 0 Å². The molecule has 0 saturated heterocycles. The average Bonchev–Trinajstić information content (AvgIpc) is 2.38. The van der Waals surface area contributed by atoms with Crippen molar-refractivity contribution in [1.29, 1.82) is 0 Å². The molecule has 1 aromatic rings. The van der Waals surface area contributed by atoms with E-state index in [-0.39, 0.29) is 6.61 Å². The number of aliphatic hydroxyl groups is 1. The van der Waals surface area contributed by atoms with Crippen molar-refractivity contribution in [3.05, 3.63) is 24.0 Å². The molecular weight excluding hydrogens is 214 g/mol. The van der Waals surface area contributed by atoms with E-state index in [2.05, 4.69) is 30.7 Å². The lowest BCUT2D eigenvalue weighted by Crippen LogP contribution is -2.10. The van der Waals surface area contributed by atoms with E-state index in [9.17, 15) is 0 Å². The van der Waals surface area contributed by atoms with Crippen LogP contribution in [0.15, 0.2) is 18.5 Å². The molecule has 92 valence electrons. The highest BCUT2D eigenvalue weighted by Gasteiger charge is 2.04. The molecule has 17 heavy (non-hydrogen) atoms. The predicted octanol–water partition coefficient (Wildman–Crippen LogP) is 2.24. The van der Waals surface area contributed by atoms with Crippen molar-refractivity contribution in [2.45, 2.75) is 26.7 Å². The molecule has 0 fully saturated rings. The van der Waals surface area contributed by atoms with E-state index in [1.807, 2.05) is 6.07 Å². The van der Waals surface area contributed by atoms with Crippen LogP contribution in [0, 0.1) is 17.8 Å². The normalized spacial score (nSPS) is 9.88. The summed E-state index contributed by atoms with van der Waals surface area (Å²) in [7, 11) is 0. The minimum atomic E-state index is -0.140. The van der Waals surface area contributed by atoms with Crippen LogP contribution in [-0.4, -0.2) is 23.3 Å². The van der Waals surface area contributed by atoms with Crippen LogP contribution in [0.25, 0.3) is 0 Å².